The molecule has 0 amide bonds. The molecule has 2 nitrogen and oxygen atoms in total. The summed E-state index contributed by atoms with van der Waals surface area (Å²) in [5, 5.41) is 0. The number of alkyl halides is 1. The van der Waals surface area contributed by atoms with Crippen LogP contribution < -0.4 is 4.74 Å². The first kappa shape index (κ1) is 14.0. The van der Waals surface area contributed by atoms with E-state index in [1.165, 1.54) is 0 Å². The van der Waals surface area contributed by atoms with Crippen molar-refractivity contribution in [2.24, 2.45) is 0 Å². The van der Waals surface area contributed by atoms with Gasteiger partial charge < -0.3 is 4.74 Å². The molecule has 3 heteroatoms. The van der Waals surface area contributed by atoms with Gasteiger partial charge in [-0.15, -0.1) is 11.6 Å². The lowest BCUT2D eigenvalue weighted by Crippen LogP contribution is -2.00. The molecule has 0 radical (unpaired) electrons. The summed E-state index contributed by atoms with van der Waals surface area (Å²) in [6.45, 7) is 2.86. The maximum atomic E-state index is 11.7. The SMILES string of the molecule is CCCCOc1ccc(C(=O)CCCCl)cc1. The first-order chi connectivity index (χ1) is 8.27. The van der Waals surface area contributed by atoms with E-state index in [4.69, 9.17) is 16.3 Å². The molecule has 0 spiro atoms. The number of ketones is 1. The molecule has 0 aliphatic rings. The Hall–Kier alpha value is -1.02. The topological polar surface area (TPSA) is 26.3 Å². The molecule has 0 saturated heterocycles. The molecule has 0 atom stereocenters. The van der Waals surface area contributed by atoms with Crippen LogP contribution in [0.25, 0.3) is 0 Å². The molecule has 0 bridgehead atoms. The Kier molecular flexibility index (Phi) is 6.71. The van der Waals surface area contributed by atoms with Crippen molar-refractivity contribution in [2.45, 2.75) is 32.6 Å². The van der Waals surface area contributed by atoms with Gasteiger partial charge in [0.25, 0.3) is 0 Å². The van der Waals surface area contributed by atoms with Gasteiger partial charge in [0.15, 0.2) is 5.78 Å². The molecule has 0 saturated carbocycles. The smallest absolute Gasteiger partial charge is 0.162 e. The van der Waals surface area contributed by atoms with Crippen LogP contribution in [0.5, 0.6) is 5.75 Å². The first-order valence-corrected chi connectivity index (χ1v) is 6.63. The number of carbonyl (C=O) groups is 1. The van der Waals surface area contributed by atoms with Crippen LogP contribution in [0.15, 0.2) is 24.3 Å². The van der Waals surface area contributed by atoms with Crippen LogP contribution >= 0.6 is 11.6 Å². The van der Waals surface area contributed by atoms with Crippen molar-refractivity contribution in [3.8, 4) is 5.75 Å². The Morgan fingerprint density at radius 3 is 2.53 bits per heavy atom. The van der Waals surface area contributed by atoms with Gasteiger partial charge in [-0.05, 0) is 37.1 Å². The lowest BCUT2D eigenvalue weighted by Gasteiger charge is -2.06. The van der Waals surface area contributed by atoms with Gasteiger partial charge in [-0.3, -0.25) is 4.79 Å². The minimum Gasteiger partial charge on any atom is -0.494 e. The predicted molar refractivity (Wildman–Crippen MR) is 71.1 cm³/mol. The standard InChI is InChI=1S/C14H19ClO2/c1-2-3-11-17-13-8-6-12(7-9-13)14(16)5-4-10-15/h6-9H,2-5,10-11H2,1H3. The molecule has 0 heterocycles. The number of ether oxygens (including phenoxy) is 1. The highest BCUT2D eigenvalue weighted by Gasteiger charge is 2.05. The fourth-order valence-electron chi connectivity index (χ4n) is 1.44. The molecule has 0 aromatic heterocycles. The predicted octanol–water partition coefficient (Wildman–Crippen LogP) is 4.07. The molecular formula is C14H19ClO2. The largest absolute Gasteiger partial charge is 0.494 e. The number of rotatable bonds is 8. The van der Waals surface area contributed by atoms with Crippen LogP contribution in [0.1, 0.15) is 43.0 Å². The maximum Gasteiger partial charge on any atom is 0.162 e. The van der Waals surface area contributed by atoms with E-state index in [1.807, 2.05) is 24.3 Å². The van der Waals surface area contributed by atoms with E-state index >= 15 is 0 Å². The fraction of sp³-hybridized carbons (Fsp3) is 0.500. The second-order valence-corrected chi connectivity index (χ2v) is 4.32. The zero-order valence-electron chi connectivity index (χ0n) is 10.2. The summed E-state index contributed by atoms with van der Waals surface area (Å²) in [5.41, 5.74) is 0.734. The van der Waals surface area contributed by atoms with E-state index in [1.54, 1.807) is 0 Å². The zero-order chi connectivity index (χ0) is 12.5. The third kappa shape index (κ3) is 5.22. The number of Topliss-reactive ketones (excluding diaryl/α,β-unsaturated/α-hetero) is 1. The molecular weight excluding hydrogens is 236 g/mol. The quantitative estimate of drug-likeness (QED) is 0.397. The van der Waals surface area contributed by atoms with Crippen LogP contribution in [-0.4, -0.2) is 18.3 Å². The highest BCUT2D eigenvalue weighted by Crippen LogP contribution is 2.14. The molecule has 1 rings (SSSR count). The van der Waals surface area contributed by atoms with E-state index in [9.17, 15) is 4.79 Å². The van der Waals surface area contributed by atoms with E-state index in [0.29, 0.717) is 12.3 Å². The number of halogens is 1. The fourth-order valence-corrected chi connectivity index (χ4v) is 1.58. The van der Waals surface area contributed by atoms with Crippen molar-refractivity contribution in [1.82, 2.24) is 0 Å². The summed E-state index contributed by atoms with van der Waals surface area (Å²) < 4.78 is 5.53. The minimum atomic E-state index is 0.144. The average molecular weight is 255 g/mol. The van der Waals surface area contributed by atoms with Gasteiger partial charge in [-0.2, -0.15) is 0 Å². The molecule has 1 aromatic carbocycles. The normalized spacial score (nSPS) is 10.2. The first-order valence-electron chi connectivity index (χ1n) is 6.10. The summed E-state index contributed by atoms with van der Waals surface area (Å²) in [7, 11) is 0. The number of hydrogen-bond donors (Lipinski definition) is 0. The lowest BCUT2D eigenvalue weighted by molar-refractivity contribution is 0.0982. The molecule has 0 unspecified atom stereocenters. The van der Waals surface area contributed by atoms with Gasteiger partial charge in [-0.1, -0.05) is 13.3 Å². The van der Waals surface area contributed by atoms with E-state index in [2.05, 4.69) is 6.92 Å². The Morgan fingerprint density at radius 1 is 1.24 bits per heavy atom. The van der Waals surface area contributed by atoms with E-state index in [-0.39, 0.29) is 5.78 Å². The van der Waals surface area contributed by atoms with Gasteiger partial charge in [0.1, 0.15) is 5.75 Å². The van der Waals surface area contributed by atoms with Gasteiger partial charge in [-0.25, -0.2) is 0 Å². The zero-order valence-corrected chi connectivity index (χ0v) is 11.0. The maximum absolute atomic E-state index is 11.7. The highest BCUT2D eigenvalue weighted by atomic mass is 35.5. The molecule has 0 aliphatic carbocycles. The van der Waals surface area contributed by atoms with Gasteiger partial charge >= 0.3 is 0 Å². The molecule has 17 heavy (non-hydrogen) atoms. The third-order valence-electron chi connectivity index (χ3n) is 2.48. The highest BCUT2D eigenvalue weighted by molar-refractivity contribution is 6.18. The summed E-state index contributed by atoms with van der Waals surface area (Å²) in [4.78, 5) is 11.7. The second kappa shape index (κ2) is 8.13. The number of unbranched alkanes of at least 4 members (excludes halogenated alkanes) is 1. The van der Waals surface area contributed by atoms with Gasteiger partial charge in [0.05, 0.1) is 6.61 Å². The summed E-state index contributed by atoms with van der Waals surface area (Å²) in [5.74, 6) is 1.50. The summed E-state index contributed by atoms with van der Waals surface area (Å²) in [6, 6.07) is 7.34. The number of carbonyl (C=O) groups excluding carboxylic acids is 1. The third-order valence-corrected chi connectivity index (χ3v) is 2.75. The molecule has 0 aliphatic heterocycles. The van der Waals surface area contributed by atoms with Crippen molar-refractivity contribution < 1.29 is 9.53 Å². The minimum absolute atomic E-state index is 0.144. The molecule has 94 valence electrons. The van der Waals surface area contributed by atoms with Crippen LogP contribution in [0.3, 0.4) is 0 Å². The van der Waals surface area contributed by atoms with Crippen molar-refractivity contribution in [3.05, 3.63) is 29.8 Å². The van der Waals surface area contributed by atoms with Crippen molar-refractivity contribution in [3.63, 3.8) is 0 Å². The number of hydrogen-bond acceptors (Lipinski definition) is 2. The van der Waals surface area contributed by atoms with Crippen molar-refractivity contribution >= 4 is 17.4 Å². The summed E-state index contributed by atoms with van der Waals surface area (Å²) in [6.07, 6.45) is 3.42. The molecule has 0 N–H and O–H groups in total. The van der Waals surface area contributed by atoms with E-state index < -0.39 is 0 Å². The number of benzene rings is 1. The Morgan fingerprint density at radius 2 is 1.94 bits per heavy atom. The van der Waals surface area contributed by atoms with Gasteiger partial charge in [0, 0.05) is 17.9 Å². The van der Waals surface area contributed by atoms with Crippen molar-refractivity contribution in [1.29, 1.82) is 0 Å². The van der Waals surface area contributed by atoms with Crippen LogP contribution in [0.2, 0.25) is 0 Å². The van der Waals surface area contributed by atoms with Crippen LogP contribution in [-0.2, 0) is 0 Å². The van der Waals surface area contributed by atoms with Crippen LogP contribution in [0, 0.1) is 0 Å². The van der Waals surface area contributed by atoms with E-state index in [0.717, 1.165) is 37.2 Å². The molecule has 0 fully saturated rings. The van der Waals surface area contributed by atoms with Gasteiger partial charge in [0.2, 0.25) is 0 Å². The average Bonchev–Trinajstić information content (AvgIpc) is 2.37. The molecule has 1 aromatic rings. The Bertz CT molecular complexity index is 333. The second-order valence-electron chi connectivity index (χ2n) is 3.94. The monoisotopic (exact) mass is 254 g/mol. The lowest BCUT2D eigenvalue weighted by atomic mass is 10.1. The van der Waals surface area contributed by atoms with Crippen LogP contribution in [0.4, 0.5) is 0 Å². The Balaban J connectivity index is 2.46. The Labute approximate surface area is 108 Å². The summed E-state index contributed by atoms with van der Waals surface area (Å²) >= 11 is 5.56. The van der Waals surface area contributed by atoms with Crippen molar-refractivity contribution in [2.75, 3.05) is 12.5 Å².